The molecule has 0 saturated heterocycles. The molecule has 98 valence electrons. The van der Waals surface area contributed by atoms with E-state index < -0.39 is 5.97 Å². The van der Waals surface area contributed by atoms with Gasteiger partial charge >= 0.3 is 5.97 Å². The van der Waals surface area contributed by atoms with Gasteiger partial charge in [0.2, 0.25) is 5.82 Å². The summed E-state index contributed by atoms with van der Waals surface area (Å²) in [6.07, 6.45) is 5.06. The van der Waals surface area contributed by atoms with Crippen molar-refractivity contribution in [2.24, 2.45) is 0 Å². The molecule has 0 aliphatic rings. The molecule has 2 rings (SSSR count). The molecule has 6 nitrogen and oxygen atoms in total. The fraction of sp³-hybridized carbons (Fsp3) is 0.231. The number of anilines is 1. The van der Waals surface area contributed by atoms with E-state index in [1.807, 2.05) is 13.0 Å². The van der Waals surface area contributed by atoms with Crippen molar-refractivity contribution in [3.05, 3.63) is 47.7 Å². The molecule has 0 atom stereocenters. The molecule has 0 unspecified atom stereocenters. The molecule has 1 N–H and O–H groups in total. The number of pyridine rings is 1. The quantitative estimate of drug-likeness (QED) is 0.839. The number of carbonyl (C=O) groups is 1. The summed E-state index contributed by atoms with van der Waals surface area (Å²) in [5, 5.41) is 3.12. The van der Waals surface area contributed by atoms with E-state index in [2.05, 4.69) is 25.0 Å². The Morgan fingerprint density at radius 2 is 2.21 bits per heavy atom. The second-order valence-corrected chi connectivity index (χ2v) is 3.91. The first-order valence-corrected chi connectivity index (χ1v) is 5.75. The van der Waals surface area contributed by atoms with Crippen LogP contribution in [0.15, 0.2) is 30.7 Å². The standard InChI is InChI=1S/C13H14N4O2/c1-9-3-5-14-7-10(9)8-16-11-4-6-15-12(17-11)13(18)19-2/h3-7H,8H2,1-2H3,(H,15,16,17). The molecule has 19 heavy (non-hydrogen) atoms. The number of carbonyl (C=O) groups excluding carboxylic acids is 1. The largest absolute Gasteiger partial charge is 0.463 e. The summed E-state index contributed by atoms with van der Waals surface area (Å²) >= 11 is 0. The van der Waals surface area contributed by atoms with Crippen LogP contribution in [-0.4, -0.2) is 28.0 Å². The summed E-state index contributed by atoms with van der Waals surface area (Å²) in [5.74, 6) is 0.0512. The third-order valence-electron chi connectivity index (χ3n) is 2.63. The molecule has 0 aliphatic carbocycles. The third-order valence-corrected chi connectivity index (χ3v) is 2.63. The SMILES string of the molecule is COC(=O)c1nccc(NCc2cnccc2C)n1. The van der Waals surface area contributed by atoms with Gasteiger partial charge in [0.1, 0.15) is 5.82 Å². The van der Waals surface area contributed by atoms with Crippen molar-refractivity contribution >= 4 is 11.8 Å². The molecule has 0 aromatic carbocycles. The molecule has 0 bridgehead atoms. The number of nitrogens with zero attached hydrogens (tertiary/aromatic N) is 3. The fourth-order valence-corrected chi connectivity index (χ4v) is 1.51. The van der Waals surface area contributed by atoms with Crippen molar-refractivity contribution in [1.82, 2.24) is 15.0 Å². The van der Waals surface area contributed by atoms with Crippen LogP contribution in [0.5, 0.6) is 0 Å². The van der Waals surface area contributed by atoms with Gasteiger partial charge in [0.15, 0.2) is 0 Å². The Morgan fingerprint density at radius 1 is 1.37 bits per heavy atom. The number of aryl methyl sites for hydroxylation is 1. The summed E-state index contributed by atoms with van der Waals surface area (Å²) in [4.78, 5) is 23.3. The van der Waals surface area contributed by atoms with Crippen LogP contribution in [-0.2, 0) is 11.3 Å². The molecule has 2 heterocycles. The number of nitrogens with one attached hydrogen (secondary N) is 1. The maximum atomic E-state index is 11.3. The molecule has 2 aromatic rings. The summed E-state index contributed by atoms with van der Waals surface area (Å²) < 4.78 is 4.57. The lowest BCUT2D eigenvalue weighted by Crippen LogP contribution is -2.10. The van der Waals surface area contributed by atoms with E-state index in [1.54, 1.807) is 18.5 Å². The van der Waals surface area contributed by atoms with Crippen LogP contribution in [0.4, 0.5) is 5.82 Å². The lowest BCUT2D eigenvalue weighted by atomic mass is 10.1. The number of aromatic nitrogens is 3. The molecule has 0 fully saturated rings. The lowest BCUT2D eigenvalue weighted by molar-refractivity contribution is 0.0587. The summed E-state index contributed by atoms with van der Waals surface area (Å²) in [7, 11) is 1.30. The minimum atomic E-state index is -0.554. The van der Waals surface area contributed by atoms with Gasteiger partial charge in [0.05, 0.1) is 7.11 Å². The maximum Gasteiger partial charge on any atom is 0.376 e. The number of hydrogen-bond donors (Lipinski definition) is 1. The zero-order chi connectivity index (χ0) is 13.7. The first-order chi connectivity index (χ1) is 9.20. The number of methoxy groups -OCH3 is 1. The van der Waals surface area contributed by atoms with Crippen LogP contribution >= 0.6 is 0 Å². The van der Waals surface area contributed by atoms with Gasteiger partial charge in [-0.3, -0.25) is 4.98 Å². The number of rotatable bonds is 4. The van der Waals surface area contributed by atoms with Crippen molar-refractivity contribution in [3.63, 3.8) is 0 Å². The third kappa shape index (κ3) is 3.25. The molecule has 0 saturated carbocycles. The average molecular weight is 258 g/mol. The molecule has 6 heteroatoms. The second-order valence-electron chi connectivity index (χ2n) is 3.91. The Kier molecular flexibility index (Phi) is 4.02. The van der Waals surface area contributed by atoms with Gasteiger partial charge in [-0.2, -0.15) is 0 Å². The van der Waals surface area contributed by atoms with Gasteiger partial charge in [-0.15, -0.1) is 0 Å². The van der Waals surface area contributed by atoms with Crippen LogP contribution < -0.4 is 5.32 Å². The smallest absolute Gasteiger partial charge is 0.376 e. The van der Waals surface area contributed by atoms with Gasteiger partial charge in [0.25, 0.3) is 0 Å². The Balaban J connectivity index is 2.08. The minimum Gasteiger partial charge on any atom is -0.463 e. The Bertz CT molecular complexity index is 586. The van der Waals surface area contributed by atoms with Gasteiger partial charge in [-0.25, -0.2) is 14.8 Å². The van der Waals surface area contributed by atoms with Crippen molar-refractivity contribution in [3.8, 4) is 0 Å². The number of esters is 1. The van der Waals surface area contributed by atoms with Gasteiger partial charge in [-0.05, 0) is 30.2 Å². The van der Waals surface area contributed by atoms with E-state index in [4.69, 9.17) is 0 Å². The molecule has 0 spiro atoms. The first-order valence-electron chi connectivity index (χ1n) is 5.75. The van der Waals surface area contributed by atoms with Crippen molar-refractivity contribution < 1.29 is 9.53 Å². The van der Waals surface area contributed by atoms with Crippen molar-refractivity contribution in [1.29, 1.82) is 0 Å². The highest BCUT2D eigenvalue weighted by Crippen LogP contribution is 2.09. The van der Waals surface area contributed by atoms with E-state index in [0.717, 1.165) is 11.1 Å². The van der Waals surface area contributed by atoms with Crippen LogP contribution in [0.1, 0.15) is 21.7 Å². The predicted octanol–water partition coefficient (Wildman–Crippen LogP) is 1.58. The number of ether oxygens (including phenoxy) is 1. The molecule has 0 amide bonds. The summed E-state index contributed by atoms with van der Waals surface area (Å²) in [5.41, 5.74) is 2.21. The first kappa shape index (κ1) is 12.9. The molecule has 2 aromatic heterocycles. The zero-order valence-corrected chi connectivity index (χ0v) is 10.8. The van der Waals surface area contributed by atoms with Crippen molar-refractivity contribution in [2.45, 2.75) is 13.5 Å². The minimum absolute atomic E-state index is 0.0374. The topological polar surface area (TPSA) is 77.0 Å². The molecule has 0 aliphatic heterocycles. The predicted molar refractivity (Wildman–Crippen MR) is 69.7 cm³/mol. The summed E-state index contributed by atoms with van der Waals surface area (Å²) in [6.45, 7) is 2.59. The van der Waals surface area contributed by atoms with E-state index in [-0.39, 0.29) is 5.82 Å². The highest BCUT2D eigenvalue weighted by Gasteiger charge is 2.09. The van der Waals surface area contributed by atoms with Crippen LogP contribution in [0.3, 0.4) is 0 Å². The zero-order valence-electron chi connectivity index (χ0n) is 10.8. The van der Waals surface area contributed by atoms with E-state index in [1.165, 1.54) is 13.3 Å². The van der Waals surface area contributed by atoms with Gasteiger partial charge < -0.3 is 10.1 Å². The van der Waals surface area contributed by atoms with E-state index in [9.17, 15) is 4.79 Å². The molecule has 0 radical (unpaired) electrons. The van der Waals surface area contributed by atoms with Gasteiger partial charge in [0, 0.05) is 25.1 Å². The second kappa shape index (κ2) is 5.90. The maximum absolute atomic E-state index is 11.3. The Labute approximate surface area is 110 Å². The Morgan fingerprint density at radius 3 is 2.95 bits per heavy atom. The van der Waals surface area contributed by atoms with E-state index in [0.29, 0.717) is 12.4 Å². The summed E-state index contributed by atoms with van der Waals surface area (Å²) in [6, 6.07) is 3.63. The number of hydrogen-bond acceptors (Lipinski definition) is 6. The normalized spacial score (nSPS) is 10.0. The van der Waals surface area contributed by atoms with Crippen LogP contribution in [0.2, 0.25) is 0 Å². The average Bonchev–Trinajstić information content (AvgIpc) is 2.46. The van der Waals surface area contributed by atoms with Crippen LogP contribution in [0, 0.1) is 6.92 Å². The molecular weight excluding hydrogens is 244 g/mol. The lowest BCUT2D eigenvalue weighted by Gasteiger charge is -2.08. The van der Waals surface area contributed by atoms with Crippen LogP contribution in [0.25, 0.3) is 0 Å². The Hall–Kier alpha value is -2.50. The monoisotopic (exact) mass is 258 g/mol. The van der Waals surface area contributed by atoms with Crippen molar-refractivity contribution in [2.75, 3.05) is 12.4 Å². The fourth-order valence-electron chi connectivity index (χ4n) is 1.51. The van der Waals surface area contributed by atoms with E-state index >= 15 is 0 Å². The highest BCUT2D eigenvalue weighted by molar-refractivity contribution is 5.85. The molecular formula is C13H14N4O2. The highest BCUT2D eigenvalue weighted by atomic mass is 16.5. The van der Waals surface area contributed by atoms with Gasteiger partial charge in [-0.1, -0.05) is 0 Å².